The maximum absolute atomic E-state index is 12.6. The van der Waals surface area contributed by atoms with E-state index in [-0.39, 0.29) is 13.1 Å². The molecule has 0 aliphatic carbocycles. The number of alkyl halides is 3. The maximum atomic E-state index is 12.6. The van der Waals surface area contributed by atoms with Crippen LogP contribution in [0.25, 0.3) is 22.3 Å². The molecule has 3 heterocycles. The standard InChI is InChI=1S/C23H21F3N6O2/c24-23(25,26)22(33)32-11-9-31(10-12-32)14-21-28-19-6-5-17(13-20(19)29-21)34-16-3-1-15(2-4-16)18-7-8-27-30-18/h1-8,13H,9-12,14H2,(H,27,30)(H,28,29). The van der Waals surface area contributed by atoms with Gasteiger partial charge in [0.05, 0.1) is 23.3 Å². The van der Waals surface area contributed by atoms with E-state index in [1.165, 1.54) is 0 Å². The van der Waals surface area contributed by atoms with Crippen molar-refractivity contribution in [1.82, 2.24) is 30.0 Å². The van der Waals surface area contributed by atoms with E-state index in [0.717, 1.165) is 27.2 Å². The average molecular weight is 470 g/mol. The van der Waals surface area contributed by atoms with Crippen LogP contribution in [0.15, 0.2) is 54.7 Å². The quantitative estimate of drug-likeness (QED) is 0.461. The summed E-state index contributed by atoms with van der Waals surface area (Å²) < 4.78 is 43.8. The monoisotopic (exact) mass is 470 g/mol. The van der Waals surface area contributed by atoms with Gasteiger partial charge in [-0.3, -0.25) is 14.8 Å². The highest BCUT2D eigenvalue weighted by molar-refractivity contribution is 5.82. The van der Waals surface area contributed by atoms with E-state index in [1.807, 2.05) is 53.4 Å². The van der Waals surface area contributed by atoms with Crippen LogP contribution in [0.2, 0.25) is 0 Å². The van der Waals surface area contributed by atoms with Gasteiger partial charge in [-0.25, -0.2) is 4.98 Å². The van der Waals surface area contributed by atoms with Gasteiger partial charge in [0.1, 0.15) is 17.3 Å². The third-order valence-corrected chi connectivity index (χ3v) is 5.68. The lowest BCUT2D eigenvalue weighted by Gasteiger charge is -2.34. The van der Waals surface area contributed by atoms with Crippen LogP contribution in [0.4, 0.5) is 13.2 Å². The fourth-order valence-corrected chi connectivity index (χ4v) is 3.94. The number of aromatic amines is 2. The van der Waals surface area contributed by atoms with Crippen molar-refractivity contribution in [2.24, 2.45) is 0 Å². The van der Waals surface area contributed by atoms with Gasteiger partial charge in [-0.1, -0.05) is 0 Å². The number of halogens is 3. The number of ether oxygens (including phenoxy) is 1. The van der Waals surface area contributed by atoms with Gasteiger partial charge in [0.2, 0.25) is 0 Å². The molecule has 176 valence electrons. The van der Waals surface area contributed by atoms with E-state index in [4.69, 9.17) is 4.74 Å². The zero-order valence-electron chi connectivity index (χ0n) is 18.0. The van der Waals surface area contributed by atoms with Gasteiger partial charge in [0.25, 0.3) is 0 Å². The molecule has 0 bridgehead atoms. The van der Waals surface area contributed by atoms with Crippen LogP contribution in [0, 0.1) is 0 Å². The summed E-state index contributed by atoms with van der Waals surface area (Å²) in [5.74, 6) is 0.260. The second-order valence-electron chi connectivity index (χ2n) is 8.03. The lowest BCUT2D eigenvalue weighted by molar-refractivity contribution is -0.187. The number of hydrogen-bond acceptors (Lipinski definition) is 5. The zero-order chi connectivity index (χ0) is 23.7. The second kappa shape index (κ2) is 8.82. The molecule has 1 saturated heterocycles. The minimum atomic E-state index is -4.83. The SMILES string of the molecule is O=C(N1CCN(Cc2nc3ccc(Oc4ccc(-c5ccn[nH]5)cc4)cc3[nH]2)CC1)C(F)(F)F. The number of amides is 1. The molecule has 8 nitrogen and oxygen atoms in total. The molecule has 2 aromatic carbocycles. The van der Waals surface area contributed by atoms with Crippen molar-refractivity contribution < 1.29 is 22.7 Å². The molecule has 0 saturated carbocycles. The Labute approximate surface area is 192 Å². The number of hydrogen-bond donors (Lipinski definition) is 2. The normalized spacial score (nSPS) is 15.1. The number of piperazine rings is 1. The summed E-state index contributed by atoms with van der Waals surface area (Å²) in [4.78, 5) is 22.0. The van der Waals surface area contributed by atoms with E-state index in [0.29, 0.717) is 37.0 Å². The smallest absolute Gasteiger partial charge is 0.457 e. The highest BCUT2D eigenvalue weighted by Gasteiger charge is 2.43. The lowest BCUT2D eigenvalue weighted by Crippen LogP contribution is -2.52. The lowest BCUT2D eigenvalue weighted by atomic mass is 10.1. The van der Waals surface area contributed by atoms with Gasteiger partial charge in [0, 0.05) is 38.4 Å². The van der Waals surface area contributed by atoms with Gasteiger partial charge in [-0.2, -0.15) is 18.3 Å². The third kappa shape index (κ3) is 4.74. The molecule has 0 unspecified atom stereocenters. The number of H-pyrrole nitrogens is 2. The first-order valence-corrected chi connectivity index (χ1v) is 10.7. The number of nitrogens with one attached hydrogen (secondary N) is 2. The molecule has 1 fully saturated rings. The summed E-state index contributed by atoms with van der Waals surface area (Å²) in [6, 6.07) is 15.1. The molecule has 5 rings (SSSR count). The summed E-state index contributed by atoms with van der Waals surface area (Å²) in [6.45, 7) is 1.23. The summed E-state index contributed by atoms with van der Waals surface area (Å²) in [7, 11) is 0. The molecule has 1 amide bonds. The number of rotatable bonds is 5. The van der Waals surface area contributed by atoms with Gasteiger partial charge in [-0.05, 0) is 48.0 Å². The molecule has 1 aliphatic heterocycles. The van der Waals surface area contributed by atoms with E-state index < -0.39 is 12.1 Å². The van der Waals surface area contributed by atoms with E-state index >= 15 is 0 Å². The van der Waals surface area contributed by atoms with Crippen LogP contribution in [0.1, 0.15) is 5.82 Å². The predicted molar refractivity (Wildman–Crippen MR) is 118 cm³/mol. The van der Waals surface area contributed by atoms with E-state index in [2.05, 4.69) is 20.2 Å². The molecule has 0 spiro atoms. The van der Waals surface area contributed by atoms with Crippen LogP contribution in [-0.4, -0.2) is 68.2 Å². The average Bonchev–Trinajstić information content (AvgIpc) is 3.49. The molecular formula is C23H21F3N6O2. The number of carbonyl (C=O) groups excluding carboxylic acids is 1. The molecule has 11 heteroatoms. The first-order chi connectivity index (χ1) is 16.3. The van der Waals surface area contributed by atoms with E-state index in [9.17, 15) is 18.0 Å². The Kier molecular flexibility index (Phi) is 5.70. The number of aromatic nitrogens is 4. The molecule has 4 aromatic rings. The van der Waals surface area contributed by atoms with Crippen LogP contribution >= 0.6 is 0 Å². The minimum Gasteiger partial charge on any atom is -0.457 e. The Hall–Kier alpha value is -3.86. The van der Waals surface area contributed by atoms with Crippen LogP contribution in [0.5, 0.6) is 11.5 Å². The van der Waals surface area contributed by atoms with Gasteiger partial charge >= 0.3 is 12.1 Å². The Morgan fingerprint density at radius 2 is 1.74 bits per heavy atom. The van der Waals surface area contributed by atoms with Gasteiger partial charge in [-0.15, -0.1) is 0 Å². The topological polar surface area (TPSA) is 90.1 Å². The summed E-state index contributed by atoms with van der Waals surface area (Å²) >= 11 is 0. The number of benzene rings is 2. The van der Waals surface area contributed by atoms with Crippen LogP contribution in [-0.2, 0) is 11.3 Å². The zero-order valence-corrected chi connectivity index (χ0v) is 18.0. The van der Waals surface area contributed by atoms with Crippen molar-refractivity contribution in [3.05, 3.63) is 60.6 Å². The first-order valence-electron chi connectivity index (χ1n) is 10.7. The molecular weight excluding hydrogens is 449 g/mol. The van der Waals surface area contributed by atoms with Crippen molar-refractivity contribution in [1.29, 1.82) is 0 Å². The third-order valence-electron chi connectivity index (χ3n) is 5.68. The number of imidazole rings is 1. The van der Waals surface area contributed by atoms with Crippen molar-refractivity contribution in [3.63, 3.8) is 0 Å². The highest BCUT2D eigenvalue weighted by Crippen LogP contribution is 2.27. The molecule has 0 radical (unpaired) electrons. The highest BCUT2D eigenvalue weighted by atomic mass is 19.4. The molecule has 1 aliphatic rings. The first kappa shape index (κ1) is 22.0. The fraction of sp³-hybridized carbons (Fsp3) is 0.261. The van der Waals surface area contributed by atoms with Crippen molar-refractivity contribution >= 4 is 16.9 Å². The Bertz CT molecular complexity index is 1280. The molecule has 34 heavy (non-hydrogen) atoms. The van der Waals surface area contributed by atoms with Crippen LogP contribution < -0.4 is 4.74 Å². The second-order valence-corrected chi connectivity index (χ2v) is 8.03. The van der Waals surface area contributed by atoms with Gasteiger partial charge < -0.3 is 14.6 Å². The Morgan fingerprint density at radius 1 is 1.00 bits per heavy atom. The Morgan fingerprint density at radius 3 is 2.41 bits per heavy atom. The van der Waals surface area contributed by atoms with E-state index in [1.54, 1.807) is 6.20 Å². The van der Waals surface area contributed by atoms with Crippen molar-refractivity contribution in [3.8, 4) is 22.8 Å². The van der Waals surface area contributed by atoms with Crippen molar-refractivity contribution in [2.45, 2.75) is 12.7 Å². The summed E-state index contributed by atoms with van der Waals surface area (Å²) in [5.41, 5.74) is 3.49. The summed E-state index contributed by atoms with van der Waals surface area (Å²) in [5, 5.41) is 6.87. The molecule has 2 N–H and O–H groups in total. The molecule has 0 atom stereocenters. The number of nitrogens with zero attached hydrogens (tertiary/aromatic N) is 4. The van der Waals surface area contributed by atoms with Crippen LogP contribution in [0.3, 0.4) is 0 Å². The minimum absolute atomic E-state index is 0.0374. The number of fused-ring (bicyclic) bond motifs is 1. The fourth-order valence-electron chi connectivity index (χ4n) is 3.94. The predicted octanol–water partition coefficient (Wildman–Crippen LogP) is 3.95. The number of carbonyl (C=O) groups is 1. The summed E-state index contributed by atoms with van der Waals surface area (Å²) in [6.07, 6.45) is -3.13. The Balaban J connectivity index is 1.21. The molecule has 2 aromatic heterocycles. The van der Waals surface area contributed by atoms with Crippen molar-refractivity contribution in [2.75, 3.05) is 26.2 Å². The maximum Gasteiger partial charge on any atom is 0.471 e. The largest absolute Gasteiger partial charge is 0.471 e. The van der Waals surface area contributed by atoms with Gasteiger partial charge in [0.15, 0.2) is 0 Å².